The number of hydrogen-bond acceptors (Lipinski definition) is 2. The molecule has 54 valence electrons. The highest BCUT2D eigenvalue weighted by Gasteiger charge is 2.02. The Kier molecular flexibility index (Phi) is 2.71. The van der Waals surface area contributed by atoms with Crippen molar-refractivity contribution in [3.05, 3.63) is 12.3 Å². The number of nitrogens with zero attached hydrogens (tertiary/aromatic N) is 1. The first-order valence-corrected chi connectivity index (χ1v) is 3.09. The lowest BCUT2D eigenvalue weighted by atomic mass is 9.97. The zero-order valence-corrected chi connectivity index (χ0v) is 6.68. The maximum Gasteiger partial charge on any atom is 0.0222 e. The normalized spacial score (nSPS) is 12.6. The van der Waals surface area contributed by atoms with Crippen LogP contribution in [0.2, 0.25) is 0 Å². The molecule has 0 saturated heterocycles. The molecule has 2 heteroatoms. The van der Waals surface area contributed by atoms with Crippen LogP contribution in [0.4, 0.5) is 0 Å². The molecule has 0 radical (unpaired) electrons. The summed E-state index contributed by atoms with van der Waals surface area (Å²) in [6.45, 7) is 6.40. The fraction of sp³-hybridized carbons (Fsp3) is 0.714. The minimum Gasteiger partial charge on any atom is -0.322 e. The van der Waals surface area contributed by atoms with Gasteiger partial charge in [-0.25, -0.2) is 5.84 Å². The van der Waals surface area contributed by atoms with E-state index in [1.165, 1.54) is 0 Å². The summed E-state index contributed by atoms with van der Waals surface area (Å²) in [5, 5.41) is 1.55. The summed E-state index contributed by atoms with van der Waals surface area (Å²) in [5.74, 6) is 5.35. The number of rotatable bonds is 1. The van der Waals surface area contributed by atoms with Crippen LogP contribution in [0.5, 0.6) is 0 Å². The first kappa shape index (κ1) is 8.50. The molecule has 0 saturated carbocycles. The van der Waals surface area contributed by atoms with Crippen LogP contribution in [-0.4, -0.2) is 12.1 Å². The summed E-state index contributed by atoms with van der Waals surface area (Å²) < 4.78 is 0. The molecule has 0 aromatic rings. The van der Waals surface area contributed by atoms with Gasteiger partial charge >= 0.3 is 0 Å². The predicted octanol–water partition coefficient (Wildman–Crippen LogP) is 1.35. The van der Waals surface area contributed by atoms with Gasteiger partial charge in [-0.3, -0.25) is 0 Å². The highest BCUT2D eigenvalue weighted by atomic mass is 15.4. The van der Waals surface area contributed by atoms with Crippen LogP contribution in [0.25, 0.3) is 0 Å². The molecule has 0 fully saturated rings. The van der Waals surface area contributed by atoms with Crippen LogP contribution in [0.1, 0.15) is 20.8 Å². The molecule has 0 bridgehead atoms. The molecule has 0 aromatic carbocycles. The monoisotopic (exact) mass is 128 g/mol. The Morgan fingerprint density at radius 2 is 1.78 bits per heavy atom. The molecule has 0 unspecified atom stereocenters. The Morgan fingerprint density at radius 3 is 1.89 bits per heavy atom. The van der Waals surface area contributed by atoms with E-state index in [2.05, 4.69) is 26.8 Å². The van der Waals surface area contributed by atoms with Crippen LogP contribution in [-0.2, 0) is 0 Å². The smallest absolute Gasteiger partial charge is 0.0222 e. The fourth-order valence-corrected chi connectivity index (χ4v) is 0.341. The lowest BCUT2D eigenvalue weighted by molar-refractivity contribution is 0.461. The van der Waals surface area contributed by atoms with Gasteiger partial charge in [0.25, 0.3) is 0 Å². The third-order valence-electron chi connectivity index (χ3n) is 0.810. The zero-order valence-electron chi connectivity index (χ0n) is 6.68. The van der Waals surface area contributed by atoms with E-state index >= 15 is 0 Å². The summed E-state index contributed by atoms with van der Waals surface area (Å²) in [7, 11) is 1.81. The topological polar surface area (TPSA) is 29.3 Å². The molecule has 0 aliphatic heterocycles. The van der Waals surface area contributed by atoms with Gasteiger partial charge in [0, 0.05) is 13.2 Å². The molecule has 0 aliphatic carbocycles. The van der Waals surface area contributed by atoms with Gasteiger partial charge in [0.1, 0.15) is 0 Å². The van der Waals surface area contributed by atoms with Gasteiger partial charge in [-0.05, 0) is 5.41 Å². The van der Waals surface area contributed by atoms with E-state index < -0.39 is 0 Å². The molecule has 2 N–H and O–H groups in total. The highest BCUT2D eigenvalue weighted by molar-refractivity contribution is 4.89. The van der Waals surface area contributed by atoms with Crippen molar-refractivity contribution in [3.8, 4) is 0 Å². The van der Waals surface area contributed by atoms with Gasteiger partial charge in [-0.15, -0.1) is 0 Å². The standard InChI is InChI=1S/C7H16N2/c1-7(2,3)5-6-9(4)8/h5-6H,8H2,1-4H3/b6-5-. The molecular formula is C7H16N2. The Morgan fingerprint density at radius 1 is 1.33 bits per heavy atom. The summed E-state index contributed by atoms with van der Waals surface area (Å²) in [6, 6.07) is 0. The second-order valence-electron chi connectivity index (χ2n) is 3.35. The zero-order chi connectivity index (χ0) is 7.49. The van der Waals surface area contributed by atoms with Crippen LogP contribution >= 0.6 is 0 Å². The van der Waals surface area contributed by atoms with Gasteiger partial charge < -0.3 is 5.01 Å². The number of hydrazine groups is 1. The summed E-state index contributed by atoms with van der Waals surface area (Å²) in [4.78, 5) is 0. The molecule has 9 heavy (non-hydrogen) atoms. The number of hydrogen-bond donors (Lipinski definition) is 1. The van der Waals surface area contributed by atoms with E-state index in [1.54, 1.807) is 5.01 Å². The maximum atomic E-state index is 5.35. The van der Waals surface area contributed by atoms with Crippen LogP contribution in [0.3, 0.4) is 0 Å². The van der Waals surface area contributed by atoms with Gasteiger partial charge in [-0.2, -0.15) is 0 Å². The second kappa shape index (κ2) is 2.87. The first-order valence-electron chi connectivity index (χ1n) is 3.09. The number of nitrogens with two attached hydrogens (primary N) is 1. The molecule has 0 rings (SSSR count). The molecule has 0 atom stereocenters. The van der Waals surface area contributed by atoms with Crippen molar-refractivity contribution >= 4 is 0 Å². The van der Waals surface area contributed by atoms with Crippen molar-refractivity contribution in [2.75, 3.05) is 7.05 Å². The Labute approximate surface area is 57.3 Å². The second-order valence-corrected chi connectivity index (χ2v) is 3.35. The first-order chi connectivity index (χ1) is 3.92. The average molecular weight is 128 g/mol. The van der Waals surface area contributed by atoms with Gasteiger partial charge in [0.15, 0.2) is 0 Å². The largest absolute Gasteiger partial charge is 0.322 e. The molecule has 2 nitrogen and oxygen atoms in total. The molecule has 0 aromatic heterocycles. The molecule has 0 spiro atoms. The Bertz CT molecular complexity index is 98.0. The van der Waals surface area contributed by atoms with Crippen LogP contribution in [0.15, 0.2) is 12.3 Å². The van der Waals surface area contributed by atoms with E-state index in [-0.39, 0.29) is 5.41 Å². The molecular weight excluding hydrogens is 112 g/mol. The van der Waals surface area contributed by atoms with Crippen LogP contribution < -0.4 is 5.84 Å². The fourth-order valence-electron chi connectivity index (χ4n) is 0.341. The SMILES string of the molecule is CN(N)/C=C\C(C)(C)C. The average Bonchev–Trinajstić information content (AvgIpc) is 1.59. The van der Waals surface area contributed by atoms with E-state index in [0.717, 1.165) is 0 Å². The van der Waals surface area contributed by atoms with Gasteiger partial charge in [0.2, 0.25) is 0 Å². The lowest BCUT2D eigenvalue weighted by Crippen LogP contribution is -2.19. The van der Waals surface area contributed by atoms with Crippen molar-refractivity contribution in [2.24, 2.45) is 11.3 Å². The third kappa shape index (κ3) is 7.50. The van der Waals surface area contributed by atoms with Crippen molar-refractivity contribution in [1.29, 1.82) is 0 Å². The minimum absolute atomic E-state index is 0.230. The maximum absolute atomic E-state index is 5.35. The molecule has 0 heterocycles. The van der Waals surface area contributed by atoms with Crippen molar-refractivity contribution in [1.82, 2.24) is 5.01 Å². The summed E-state index contributed by atoms with van der Waals surface area (Å²) >= 11 is 0. The Hall–Kier alpha value is -0.500. The number of allylic oxidation sites excluding steroid dienone is 1. The van der Waals surface area contributed by atoms with Crippen molar-refractivity contribution in [3.63, 3.8) is 0 Å². The van der Waals surface area contributed by atoms with Crippen LogP contribution in [0, 0.1) is 5.41 Å². The van der Waals surface area contributed by atoms with E-state index in [0.29, 0.717) is 0 Å². The quantitative estimate of drug-likeness (QED) is 0.426. The lowest BCUT2D eigenvalue weighted by Gasteiger charge is -2.13. The predicted molar refractivity (Wildman–Crippen MR) is 40.5 cm³/mol. The highest BCUT2D eigenvalue weighted by Crippen LogP contribution is 2.13. The molecule has 0 amide bonds. The van der Waals surface area contributed by atoms with E-state index in [4.69, 9.17) is 5.84 Å². The van der Waals surface area contributed by atoms with E-state index in [9.17, 15) is 0 Å². The van der Waals surface area contributed by atoms with Crippen molar-refractivity contribution < 1.29 is 0 Å². The summed E-state index contributed by atoms with van der Waals surface area (Å²) in [6.07, 6.45) is 3.92. The summed E-state index contributed by atoms with van der Waals surface area (Å²) in [5.41, 5.74) is 0.230. The third-order valence-corrected chi connectivity index (χ3v) is 0.810. The Balaban J connectivity index is 3.71. The minimum atomic E-state index is 0.230. The molecule has 0 aliphatic rings. The van der Waals surface area contributed by atoms with Gasteiger partial charge in [0.05, 0.1) is 0 Å². The van der Waals surface area contributed by atoms with E-state index in [1.807, 2.05) is 13.2 Å². The van der Waals surface area contributed by atoms with Gasteiger partial charge in [-0.1, -0.05) is 26.8 Å². The van der Waals surface area contributed by atoms with Crippen molar-refractivity contribution in [2.45, 2.75) is 20.8 Å².